The lowest BCUT2D eigenvalue weighted by atomic mass is 9.82. The lowest BCUT2D eigenvalue weighted by molar-refractivity contribution is -0.143. The monoisotopic (exact) mass is 437 g/mol. The van der Waals surface area contributed by atoms with Crippen molar-refractivity contribution in [1.82, 2.24) is 9.13 Å². The summed E-state index contributed by atoms with van der Waals surface area (Å²) in [4.78, 5) is 38.5. The average Bonchev–Trinajstić information content (AvgIpc) is 2.65. The molecule has 1 aromatic carbocycles. The fraction of sp³-hybridized carbons (Fsp3) is 0.350. The SMILES string of the molecule is CC1=C(C(=O)OC(C)C)C(c2cccc(Cl)c2Cl)c2c(n(C)c(=O)n(C)c2=O)N1. The molecule has 7 nitrogen and oxygen atoms in total. The van der Waals surface area contributed by atoms with Crippen LogP contribution in [0.15, 0.2) is 39.1 Å². The minimum Gasteiger partial charge on any atom is -0.460 e. The predicted octanol–water partition coefficient (Wildman–Crippen LogP) is 3.17. The van der Waals surface area contributed by atoms with Crippen LogP contribution < -0.4 is 16.6 Å². The van der Waals surface area contributed by atoms with Gasteiger partial charge in [0.05, 0.1) is 33.2 Å². The molecular formula is C20H21Cl2N3O4. The number of rotatable bonds is 3. The number of carbonyl (C=O) groups is 1. The molecule has 1 atom stereocenters. The van der Waals surface area contributed by atoms with Gasteiger partial charge < -0.3 is 10.1 Å². The van der Waals surface area contributed by atoms with Crippen molar-refractivity contribution in [1.29, 1.82) is 0 Å². The molecule has 29 heavy (non-hydrogen) atoms. The van der Waals surface area contributed by atoms with Gasteiger partial charge in [-0.2, -0.15) is 0 Å². The van der Waals surface area contributed by atoms with Crippen molar-refractivity contribution in [3.63, 3.8) is 0 Å². The van der Waals surface area contributed by atoms with Crippen LogP contribution in [0.2, 0.25) is 10.0 Å². The number of nitrogens with one attached hydrogen (secondary N) is 1. The van der Waals surface area contributed by atoms with Crippen LogP contribution in [-0.2, 0) is 23.6 Å². The number of hydrogen-bond donors (Lipinski definition) is 1. The molecule has 0 spiro atoms. The second-order valence-corrected chi connectivity index (χ2v) is 7.95. The van der Waals surface area contributed by atoms with Crippen LogP contribution in [0.4, 0.5) is 5.82 Å². The van der Waals surface area contributed by atoms with Crippen molar-refractivity contribution in [2.75, 3.05) is 5.32 Å². The van der Waals surface area contributed by atoms with Gasteiger partial charge in [-0.05, 0) is 32.4 Å². The first-order valence-electron chi connectivity index (χ1n) is 8.98. The van der Waals surface area contributed by atoms with Gasteiger partial charge in [-0.25, -0.2) is 9.59 Å². The van der Waals surface area contributed by atoms with Gasteiger partial charge in [0.15, 0.2) is 0 Å². The van der Waals surface area contributed by atoms with E-state index in [1.807, 2.05) is 0 Å². The number of nitrogens with zero attached hydrogens (tertiary/aromatic N) is 2. The largest absolute Gasteiger partial charge is 0.460 e. The Hall–Kier alpha value is -2.51. The van der Waals surface area contributed by atoms with Gasteiger partial charge in [-0.1, -0.05) is 35.3 Å². The molecule has 0 bridgehead atoms. The third-order valence-corrected chi connectivity index (χ3v) is 5.68. The zero-order chi connectivity index (χ0) is 21.6. The minimum absolute atomic E-state index is 0.222. The summed E-state index contributed by atoms with van der Waals surface area (Å²) >= 11 is 12.7. The van der Waals surface area contributed by atoms with E-state index in [2.05, 4.69) is 5.32 Å². The molecule has 1 aromatic heterocycles. The Labute approximate surface area is 177 Å². The van der Waals surface area contributed by atoms with Crippen molar-refractivity contribution in [2.24, 2.45) is 14.1 Å². The Balaban J connectivity index is 2.42. The Bertz CT molecular complexity index is 1160. The third kappa shape index (κ3) is 3.49. The minimum atomic E-state index is -0.853. The van der Waals surface area contributed by atoms with Crippen LogP contribution in [0.1, 0.15) is 37.8 Å². The summed E-state index contributed by atoms with van der Waals surface area (Å²) in [6, 6.07) is 5.02. The molecule has 1 aliphatic heterocycles. The lowest BCUT2D eigenvalue weighted by Crippen LogP contribution is -2.43. The molecule has 154 valence electrons. The van der Waals surface area contributed by atoms with Crippen LogP contribution in [-0.4, -0.2) is 21.2 Å². The van der Waals surface area contributed by atoms with Gasteiger partial charge in [0.2, 0.25) is 0 Å². The number of fused-ring (bicyclic) bond motifs is 1. The highest BCUT2D eigenvalue weighted by molar-refractivity contribution is 6.42. The van der Waals surface area contributed by atoms with Gasteiger partial charge in [0, 0.05) is 19.8 Å². The first-order chi connectivity index (χ1) is 13.6. The van der Waals surface area contributed by atoms with E-state index in [0.717, 1.165) is 4.57 Å². The van der Waals surface area contributed by atoms with E-state index in [1.54, 1.807) is 46.0 Å². The quantitative estimate of drug-likeness (QED) is 0.745. The highest BCUT2D eigenvalue weighted by Crippen LogP contribution is 2.43. The van der Waals surface area contributed by atoms with E-state index >= 15 is 0 Å². The molecule has 1 N–H and O–H groups in total. The Morgan fingerprint density at radius 2 is 1.83 bits per heavy atom. The number of hydrogen-bond acceptors (Lipinski definition) is 5. The molecule has 2 aromatic rings. The second-order valence-electron chi connectivity index (χ2n) is 7.16. The van der Waals surface area contributed by atoms with Crippen molar-refractivity contribution < 1.29 is 9.53 Å². The molecule has 0 amide bonds. The highest BCUT2D eigenvalue weighted by Gasteiger charge is 2.38. The maximum Gasteiger partial charge on any atom is 0.337 e. The first-order valence-corrected chi connectivity index (χ1v) is 9.74. The summed E-state index contributed by atoms with van der Waals surface area (Å²) in [6.07, 6.45) is -0.359. The third-order valence-electron chi connectivity index (χ3n) is 4.84. The van der Waals surface area contributed by atoms with Crippen molar-refractivity contribution in [3.8, 4) is 0 Å². The van der Waals surface area contributed by atoms with Crippen LogP contribution in [0.3, 0.4) is 0 Å². The molecule has 9 heteroatoms. The lowest BCUT2D eigenvalue weighted by Gasteiger charge is -2.31. The maximum absolute atomic E-state index is 13.1. The molecular weight excluding hydrogens is 417 g/mol. The summed E-state index contributed by atoms with van der Waals surface area (Å²) in [5, 5.41) is 3.55. The van der Waals surface area contributed by atoms with Crippen molar-refractivity contribution in [2.45, 2.75) is 32.8 Å². The smallest absolute Gasteiger partial charge is 0.337 e. The molecule has 0 aliphatic carbocycles. The molecule has 1 aliphatic rings. The number of aromatic nitrogens is 2. The summed E-state index contributed by atoms with van der Waals surface area (Å²) < 4.78 is 7.76. The van der Waals surface area contributed by atoms with E-state index in [9.17, 15) is 14.4 Å². The zero-order valence-corrected chi connectivity index (χ0v) is 18.2. The number of anilines is 1. The number of halogens is 2. The maximum atomic E-state index is 13.1. The molecule has 0 radical (unpaired) electrons. The summed E-state index contributed by atoms with van der Waals surface area (Å²) in [7, 11) is 2.94. The fourth-order valence-corrected chi connectivity index (χ4v) is 3.91. The van der Waals surface area contributed by atoms with Crippen LogP contribution in [0.25, 0.3) is 0 Å². The van der Waals surface area contributed by atoms with Gasteiger partial charge in [-0.3, -0.25) is 13.9 Å². The normalized spacial score (nSPS) is 15.9. The van der Waals surface area contributed by atoms with Gasteiger partial charge in [0.1, 0.15) is 5.82 Å². The van der Waals surface area contributed by atoms with Gasteiger partial charge in [0.25, 0.3) is 5.56 Å². The molecule has 0 saturated carbocycles. The van der Waals surface area contributed by atoms with Crippen molar-refractivity contribution in [3.05, 3.63) is 71.5 Å². The highest BCUT2D eigenvalue weighted by atomic mass is 35.5. The first kappa shape index (κ1) is 21.2. The van der Waals surface area contributed by atoms with Crippen LogP contribution >= 0.6 is 23.2 Å². The Morgan fingerprint density at radius 3 is 2.45 bits per heavy atom. The van der Waals surface area contributed by atoms with E-state index < -0.39 is 23.1 Å². The van der Waals surface area contributed by atoms with E-state index in [-0.39, 0.29) is 22.3 Å². The summed E-state index contributed by atoms with van der Waals surface area (Å²) in [5.74, 6) is -1.13. The Kier molecular flexibility index (Phi) is 5.65. The fourth-order valence-electron chi connectivity index (χ4n) is 3.49. The number of carbonyl (C=O) groups excluding carboxylic acids is 1. The molecule has 3 rings (SSSR count). The molecule has 2 heterocycles. The summed E-state index contributed by atoms with van der Waals surface area (Å²) in [5.41, 5.74) is 0.392. The Morgan fingerprint density at radius 1 is 1.17 bits per heavy atom. The molecule has 0 saturated heterocycles. The van der Waals surface area contributed by atoms with E-state index in [4.69, 9.17) is 27.9 Å². The zero-order valence-electron chi connectivity index (χ0n) is 16.7. The van der Waals surface area contributed by atoms with Gasteiger partial charge in [-0.15, -0.1) is 0 Å². The van der Waals surface area contributed by atoms with E-state index in [1.165, 1.54) is 11.6 Å². The number of esters is 1. The number of benzene rings is 1. The molecule has 1 unspecified atom stereocenters. The molecule has 0 fully saturated rings. The second kappa shape index (κ2) is 7.72. The van der Waals surface area contributed by atoms with Crippen LogP contribution in [0.5, 0.6) is 0 Å². The average molecular weight is 438 g/mol. The number of allylic oxidation sites excluding steroid dienone is 1. The van der Waals surface area contributed by atoms with Crippen LogP contribution in [0, 0.1) is 0 Å². The number of ether oxygens (including phenoxy) is 1. The van der Waals surface area contributed by atoms with E-state index in [0.29, 0.717) is 22.1 Å². The predicted molar refractivity (Wildman–Crippen MR) is 113 cm³/mol. The topological polar surface area (TPSA) is 82.3 Å². The van der Waals surface area contributed by atoms with Crippen molar-refractivity contribution >= 4 is 35.0 Å². The standard InChI is InChI=1S/C20H21Cl2N3O4/c1-9(2)29-19(27)13-10(3)23-17-15(18(26)25(5)20(28)24(17)4)14(13)11-7-6-8-12(21)16(11)22/h6-9,14,23H,1-5H3. The van der Waals surface area contributed by atoms with Gasteiger partial charge >= 0.3 is 11.7 Å². The summed E-state index contributed by atoms with van der Waals surface area (Å²) in [6.45, 7) is 5.16.